The molecule has 0 radical (unpaired) electrons. The SMILES string of the molecule is C=C/C=C(\C=C/C)C(=C1\c2ccccc2-c2ccc(N(c3ccc(C4=CCCC=C4)cc3)c3ccc4c(c3)c3ccccc3n4-c3ccc4ccccc4c3)cc21)/c1ccccc1. The van der Waals surface area contributed by atoms with E-state index in [4.69, 9.17) is 0 Å². The van der Waals surface area contributed by atoms with Crippen LogP contribution >= 0.6 is 0 Å². The maximum atomic E-state index is 4.14. The summed E-state index contributed by atoms with van der Waals surface area (Å²) in [6, 6.07) is 67.0. The predicted octanol–water partition coefficient (Wildman–Crippen LogP) is 16.8. The van der Waals surface area contributed by atoms with Crippen molar-refractivity contribution in [3.8, 4) is 16.8 Å². The van der Waals surface area contributed by atoms with Crippen LogP contribution in [-0.4, -0.2) is 4.57 Å². The highest BCUT2D eigenvalue weighted by Gasteiger charge is 2.29. The zero-order valence-electron chi connectivity index (χ0n) is 35.4. The van der Waals surface area contributed by atoms with Gasteiger partial charge in [0.05, 0.1) is 11.0 Å². The number of nitrogens with zero attached hydrogens (tertiary/aromatic N) is 2. The van der Waals surface area contributed by atoms with E-state index < -0.39 is 0 Å². The van der Waals surface area contributed by atoms with Crippen LogP contribution in [0.25, 0.3) is 66.1 Å². The number of benzene rings is 8. The molecule has 2 nitrogen and oxygen atoms in total. The monoisotopic (exact) mass is 806 g/mol. The first kappa shape index (κ1) is 38.0. The first-order valence-corrected chi connectivity index (χ1v) is 22.0. The molecular formula is C61H46N2. The van der Waals surface area contributed by atoms with Crippen molar-refractivity contribution in [2.24, 2.45) is 0 Å². The van der Waals surface area contributed by atoms with Gasteiger partial charge in [0, 0.05) is 33.5 Å². The Morgan fingerprint density at radius 3 is 2.08 bits per heavy atom. The van der Waals surface area contributed by atoms with Crippen LogP contribution in [0.4, 0.5) is 17.1 Å². The number of para-hydroxylation sites is 1. The van der Waals surface area contributed by atoms with Gasteiger partial charge in [0.15, 0.2) is 0 Å². The van der Waals surface area contributed by atoms with Gasteiger partial charge in [-0.15, -0.1) is 0 Å². The number of anilines is 3. The summed E-state index contributed by atoms with van der Waals surface area (Å²) in [5.74, 6) is 0. The topological polar surface area (TPSA) is 8.17 Å². The molecule has 0 atom stereocenters. The minimum atomic E-state index is 1.07. The van der Waals surface area contributed by atoms with Crippen molar-refractivity contribution in [3.63, 3.8) is 0 Å². The molecule has 2 heteroatoms. The molecule has 0 saturated carbocycles. The minimum Gasteiger partial charge on any atom is -0.310 e. The zero-order valence-corrected chi connectivity index (χ0v) is 35.4. The quantitative estimate of drug-likeness (QED) is 0.132. The van der Waals surface area contributed by atoms with Crippen LogP contribution < -0.4 is 4.90 Å². The van der Waals surface area contributed by atoms with Crippen LogP contribution in [0, 0.1) is 0 Å². The van der Waals surface area contributed by atoms with E-state index in [0.717, 1.165) is 41.2 Å². The Hall–Kier alpha value is -7.94. The van der Waals surface area contributed by atoms with E-state index in [0.29, 0.717) is 0 Å². The van der Waals surface area contributed by atoms with Gasteiger partial charge in [-0.1, -0.05) is 170 Å². The van der Waals surface area contributed by atoms with E-state index in [1.807, 2.05) is 6.08 Å². The van der Waals surface area contributed by atoms with Gasteiger partial charge in [0.25, 0.3) is 0 Å². The molecule has 0 unspecified atom stereocenters. The summed E-state index contributed by atoms with van der Waals surface area (Å²) in [6.07, 6.45) is 17.4. The number of allylic oxidation sites excluding steroid dienone is 10. The molecule has 0 bridgehead atoms. The first-order chi connectivity index (χ1) is 31.2. The van der Waals surface area contributed by atoms with Gasteiger partial charge in [0.1, 0.15) is 0 Å². The molecule has 0 saturated heterocycles. The van der Waals surface area contributed by atoms with Crippen molar-refractivity contribution in [3.05, 3.63) is 259 Å². The molecule has 1 aromatic heterocycles. The average Bonchev–Trinajstić information content (AvgIpc) is 3.85. The third-order valence-corrected chi connectivity index (χ3v) is 12.6. The lowest BCUT2D eigenvalue weighted by Gasteiger charge is -2.27. The molecule has 300 valence electrons. The van der Waals surface area contributed by atoms with E-state index in [9.17, 15) is 0 Å². The molecular weight excluding hydrogens is 761 g/mol. The van der Waals surface area contributed by atoms with Gasteiger partial charge >= 0.3 is 0 Å². The van der Waals surface area contributed by atoms with Crippen molar-refractivity contribution in [1.29, 1.82) is 0 Å². The summed E-state index contributed by atoms with van der Waals surface area (Å²) >= 11 is 0. The Kier molecular flexibility index (Phi) is 9.75. The molecule has 2 aliphatic carbocycles. The van der Waals surface area contributed by atoms with Crippen molar-refractivity contribution >= 4 is 66.4 Å². The number of aromatic nitrogens is 1. The fourth-order valence-electron chi connectivity index (χ4n) is 9.82. The molecule has 2 aliphatic rings. The van der Waals surface area contributed by atoms with Crippen LogP contribution in [0.15, 0.2) is 237 Å². The van der Waals surface area contributed by atoms with Crippen LogP contribution in [-0.2, 0) is 0 Å². The number of fused-ring (bicyclic) bond motifs is 7. The van der Waals surface area contributed by atoms with Gasteiger partial charge in [-0.2, -0.15) is 0 Å². The Labute approximate surface area is 369 Å². The summed E-state index contributed by atoms with van der Waals surface area (Å²) in [5, 5.41) is 4.90. The summed E-state index contributed by atoms with van der Waals surface area (Å²) in [6.45, 7) is 6.22. The molecule has 9 aromatic rings. The van der Waals surface area contributed by atoms with E-state index >= 15 is 0 Å². The van der Waals surface area contributed by atoms with E-state index in [-0.39, 0.29) is 0 Å². The van der Waals surface area contributed by atoms with Crippen LogP contribution in [0.2, 0.25) is 0 Å². The second-order valence-electron chi connectivity index (χ2n) is 16.4. The van der Waals surface area contributed by atoms with Crippen molar-refractivity contribution < 1.29 is 0 Å². The molecule has 63 heavy (non-hydrogen) atoms. The first-order valence-electron chi connectivity index (χ1n) is 22.0. The molecule has 0 spiro atoms. The van der Waals surface area contributed by atoms with Crippen LogP contribution in [0.3, 0.4) is 0 Å². The Morgan fingerprint density at radius 2 is 1.27 bits per heavy atom. The maximum Gasteiger partial charge on any atom is 0.0542 e. The lowest BCUT2D eigenvalue weighted by atomic mass is 9.87. The fraction of sp³-hybridized carbons (Fsp3) is 0.0492. The lowest BCUT2D eigenvalue weighted by Crippen LogP contribution is -2.10. The summed E-state index contributed by atoms with van der Waals surface area (Å²) < 4.78 is 2.42. The van der Waals surface area contributed by atoms with E-state index in [2.05, 4.69) is 241 Å². The molecule has 1 heterocycles. The number of rotatable bonds is 9. The summed E-state index contributed by atoms with van der Waals surface area (Å²) in [7, 11) is 0. The smallest absolute Gasteiger partial charge is 0.0542 e. The van der Waals surface area contributed by atoms with Gasteiger partial charge in [0.2, 0.25) is 0 Å². The molecule has 11 rings (SSSR count). The maximum absolute atomic E-state index is 4.14. The summed E-state index contributed by atoms with van der Waals surface area (Å²) in [4.78, 5) is 2.44. The second kappa shape index (κ2) is 16.2. The van der Waals surface area contributed by atoms with Crippen molar-refractivity contribution in [1.82, 2.24) is 4.57 Å². The Bertz CT molecular complexity index is 3400. The highest BCUT2D eigenvalue weighted by atomic mass is 15.1. The van der Waals surface area contributed by atoms with E-state index in [1.54, 1.807) is 0 Å². The predicted molar refractivity (Wildman–Crippen MR) is 270 cm³/mol. The van der Waals surface area contributed by atoms with Crippen LogP contribution in [0.1, 0.15) is 42.0 Å². The molecule has 0 amide bonds. The molecule has 0 N–H and O–H groups in total. The zero-order chi connectivity index (χ0) is 42.3. The minimum absolute atomic E-state index is 1.07. The number of hydrogen-bond donors (Lipinski definition) is 0. The average molecular weight is 807 g/mol. The van der Waals surface area contributed by atoms with Gasteiger partial charge in [-0.25, -0.2) is 0 Å². The Morgan fingerprint density at radius 1 is 0.571 bits per heavy atom. The standard InChI is InChI=1S/C61H46N2/c1-3-17-45(18-4-2)60(46-22-9-6-10-23-46)61-55-27-14-13-25-52(55)53-37-35-50(41-57(53)61)62(48-32-29-44(30-33-48)42-19-7-5-8-20-42)51-36-38-59-56(40-51)54-26-15-16-28-58(54)63(59)49-34-31-43-21-11-12-24-47(43)39-49/h3-4,6-7,9-41H,1,5,8H2,2H3/b18-4-,45-17+,61-60-. The Balaban J connectivity index is 1.14. The fourth-order valence-corrected chi connectivity index (χ4v) is 9.82. The normalized spacial score (nSPS) is 14.3. The molecule has 8 aromatic carbocycles. The molecule has 0 aliphatic heterocycles. The van der Waals surface area contributed by atoms with Gasteiger partial charge in [-0.3, -0.25) is 0 Å². The third kappa shape index (κ3) is 6.68. The largest absolute Gasteiger partial charge is 0.310 e. The van der Waals surface area contributed by atoms with Crippen molar-refractivity contribution in [2.75, 3.05) is 4.90 Å². The highest BCUT2D eigenvalue weighted by molar-refractivity contribution is 6.15. The van der Waals surface area contributed by atoms with Gasteiger partial charge in [-0.05, 0) is 147 Å². The number of hydrogen-bond acceptors (Lipinski definition) is 1. The van der Waals surface area contributed by atoms with Crippen LogP contribution in [0.5, 0.6) is 0 Å². The van der Waals surface area contributed by atoms with Crippen molar-refractivity contribution in [2.45, 2.75) is 19.8 Å². The van der Waals surface area contributed by atoms with Gasteiger partial charge < -0.3 is 9.47 Å². The molecule has 0 fully saturated rings. The van der Waals surface area contributed by atoms with E-state index in [1.165, 1.54) is 82.7 Å². The lowest BCUT2D eigenvalue weighted by molar-refractivity contribution is 1.04. The third-order valence-electron chi connectivity index (χ3n) is 12.6. The second-order valence-corrected chi connectivity index (χ2v) is 16.4. The highest BCUT2D eigenvalue weighted by Crippen LogP contribution is 2.51. The summed E-state index contributed by atoms with van der Waals surface area (Å²) in [5.41, 5.74) is 18.9.